The van der Waals surface area contributed by atoms with Gasteiger partial charge in [-0.3, -0.25) is 0 Å². The molecule has 0 bridgehead atoms. The minimum Gasteiger partial charge on any atom is -0.449 e. The van der Waals surface area contributed by atoms with Crippen molar-refractivity contribution in [3.8, 4) is 11.4 Å². The highest BCUT2D eigenvalue weighted by molar-refractivity contribution is 6.31. The normalized spacial score (nSPS) is 12.8. The number of alkyl halides is 6. The van der Waals surface area contributed by atoms with Crippen LogP contribution in [0.1, 0.15) is 17.2 Å². The van der Waals surface area contributed by atoms with Gasteiger partial charge in [0.2, 0.25) is 5.95 Å². The molecule has 3 aromatic rings. The van der Waals surface area contributed by atoms with Gasteiger partial charge in [0.15, 0.2) is 5.82 Å². The van der Waals surface area contributed by atoms with Gasteiger partial charge < -0.3 is 10.1 Å². The van der Waals surface area contributed by atoms with E-state index in [-0.39, 0.29) is 29.4 Å². The second-order valence-electron chi connectivity index (χ2n) is 6.51. The number of nitrogens with one attached hydrogen (secondary N) is 1. The Morgan fingerprint density at radius 2 is 1.73 bits per heavy atom. The molecule has 1 atom stereocenters. The predicted octanol–water partition coefficient (Wildman–Crippen LogP) is 5.47. The molecule has 6 nitrogen and oxygen atoms in total. The largest absolute Gasteiger partial charge is 0.490 e. The van der Waals surface area contributed by atoms with Gasteiger partial charge in [-0.15, -0.1) is 0 Å². The fourth-order valence-corrected chi connectivity index (χ4v) is 2.97. The summed E-state index contributed by atoms with van der Waals surface area (Å²) in [6, 6.07) is 10.6. The summed E-state index contributed by atoms with van der Waals surface area (Å²) in [6.07, 6.45) is -10.1. The van der Waals surface area contributed by atoms with Crippen LogP contribution in [0.3, 0.4) is 0 Å². The van der Waals surface area contributed by atoms with Crippen molar-refractivity contribution in [2.75, 3.05) is 11.9 Å². The Kier molecular flexibility index (Phi) is 7.06. The lowest BCUT2D eigenvalue weighted by atomic mass is 10.1. The molecule has 3 rings (SSSR count). The summed E-state index contributed by atoms with van der Waals surface area (Å²) in [6.45, 7) is -0.330. The van der Waals surface area contributed by atoms with Crippen LogP contribution in [0.4, 0.5) is 32.3 Å². The number of hydrogen-bond donors (Lipinski definition) is 1. The standard InChI is InChI=1S/C20H13ClF6N4O2/c21-14-8-12(6-7-13(14)19(22,23)24)16-29-10-30-18(31-16)28-9-15(11-4-2-1-3-5-11)33-17(32)20(25,26)27/h1-8,10,15H,9H2,(H,28,29,30,31)/t15-/m0/s1. The Bertz CT molecular complexity index is 1130. The Morgan fingerprint density at radius 1 is 1.03 bits per heavy atom. The molecular formula is C20H13ClF6N4O2. The van der Waals surface area contributed by atoms with E-state index in [1.54, 1.807) is 18.2 Å². The molecule has 0 unspecified atom stereocenters. The minimum absolute atomic E-state index is 0.0355. The zero-order chi connectivity index (χ0) is 24.2. The molecule has 1 N–H and O–H groups in total. The second kappa shape index (κ2) is 9.61. The van der Waals surface area contributed by atoms with E-state index < -0.39 is 35.0 Å². The number of carbonyl (C=O) groups is 1. The van der Waals surface area contributed by atoms with Gasteiger partial charge in [0, 0.05) is 5.56 Å². The number of anilines is 1. The van der Waals surface area contributed by atoms with Gasteiger partial charge in [0.25, 0.3) is 0 Å². The number of aromatic nitrogens is 3. The summed E-state index contributed by atoms with van der Waals surface area (Å²) < 4.78 is 81.2. The second-order valence-corrected chi connectivity index (χ2v) is 6.92. The average Bonchev–Trinajstić information content (AvgIpc) is 2.75. The van der Waals surface area contributed by atoms with E-state index in [9.17, 15) is 31.1 Å². The number of esters is 1. The van der Waals surface area contributed by atoms with Crippen molar-refractivity contribution < 1.29 is 35.9 Å². The van der Waals surface area contributed by atoms with E-state index in [0.717, 1.165) is 24.5 Å². The molecule has 0 amide bonds. The SMILES string of the molecule is O=C(O[C@@H](CNc1ncnc(-c2ccc(C(F)(F)F)c(Cl)c2)n1)c1ccccc1)C(F)(F)F. The fourth-order valence-electron chi connectivity index (χ4n) is 2.68. The summed E-state index contributed by atoms with van der Waals surface area (Å²) in [4.78, 5) is 23.1. The highest BCUT2D eigenvalue weighted by Gasteiger charge is 2.42. The zero-order valence-corrected chi connectivity index (χ0v) is 17.0. The lowest BCUT2D eigenvalue weighted by molar-refractivity contribution is -0.204. The maximum atomic E-state index is 12.9. The van der Waals surface area contributed by atoms with E-state index in [0.29, 0.717) is 0 Å². The quantitative estimate of drug-likeness (QED) is 0.365. The molecule has 0 saturated heterocycles. The first-order valence-corrected chi connectivity index (χ1v) is 9.45. The van der Waals surface area contributed by atoms with Crippen LogP contribution in [-0.2, 0) is 15.7 Å². The van der Waals surface area contributed by atoms with Gasteiger partial charge in [-0.05, 0) is 17.7 Å². The van der Waals surface area contributed by atoms with E-state index >= 15 is 0 Å². The van der Waals surface area contributed by atoms with Crippen molar-refractivity contribution >= 4 is 23.5 Å². The van der Waals surface area contributed by atoms with Crippen LogP contribution < -0.4 is 5.32 Å². The number of carbonyl (C=O) groups excluding carboxylic acids is 1. The third-order valence-electron chi connectivity index (χ3n) is 4.20. The van der Waals surface area contributed by atoms with Crippen LogP contribution in [0.2, 0.25) is 5.02 Å². The number of nitrogens with zero attached hydrogens (tertiary/aromatic N) is 3. The van der Waals surface area contributed by atoms with E-state index in [1.165, 1.54) is 12.1 Å². The third kappa shape index (κ3) is 6.31. The minimum atomic E-state index is -5.19. The van der Waals surface area contributed by atoms with E-state index in [1.807, 2.05) is 0 Å². The number of ether oxygens (including phenoxy) is 1. The smallest absolute Gasteiger partial charge is 0.449 e. The number of rotatable bonds is 6. The molecule has 0 fully saturated rings. The Balaban J connectivity index is 1.80. The molecule has 1 heterocycles. The molecule has 1 aromatic heterocycles. The summed E-state index contributed by atoms with van der Waals surface area (Å²) in [7, 11) is 0. The van der Waals surface area contributed by atoms with Crippen LogP contribution >= 0.6 is 11.6 Å². The summed E-state index contributed by atoms with van der Waals surface area (Å²) in [5.74, 6) is -2.51. The molecule has 2 aromatic carbocycles. The molecule has 0 aliphatic rings. The summed E-state index contributed by atoms with van der Waals surface area (Å²) in [5.41, 5.74) is -0.592. The van der Waals surface area contributed by atoms with Crippen LogP contribution in [-0.4, -0.2) is 33.6 Å². The third-order valence-corrected chi connectivity index (χ3v) is 4.51. The maximum absolute atomic E-state index is 12.9. The van der Waals surface area contributed by atoms with Crippen molar-refractivity contribution in [3.05, 3.63) is 71.0 Å². The molecule has 0 aliphatic heterocycles. The molecule has 0 saturated carbocycles. The van der Waals surface area contributed by atoms with Gasteiger partial charge >= 0.3 is 18.3 Å². The Hall–Kier alpha value is -3.41. The van der Waals surface area contributed by atoms with Crippen molar-refractivity contribution in [2.45, 2.75) is 18.5 Å². The molecular weight excluding hydrogens is 478 g/mol. The van der Waals surface area contributed by atoms with Gasteiger partial charge in [-0.2, -0.15) is 31.3 Å². The molecule has 13 heteroatoms. The predicted molar refractivity (Wildman–Crippen MR) is 105 cm³/mol. The van der Waals surface area contributed by atoms with E-state index in [4.69, 9.17) is 11.6 Å². The number of benzene rings is 2. The van der Waals surface area contributed by atoms with Gasteiger partial charge in [0.05, 0.1) is 17.1 Å². The maximum Gasteiger partial charge on any atom is 0.490 e. The van der Waals surface area contributed by atoms with E-state index in [2.05, 4.69) is 25.0 Å². The highest BCUT2D eigenvalue weighted by atomic mass is 35.5. The first-order valence-electron chi connectivity index (χ1n) is 9.08. The summed E-state index contributed by atoms with van der Waals surface area (Å²) in [5, 5.41) is 2.08. The van der Waals surface area contributed by atoms with Crippen LogP contribution in [0.5, 0.6) is 0 Å². The number of halogens is 7. The zero-order valence-electron chi connectivity index (χ0n) is 16.3. The van der Waals surface area contributed by atoms with Gasteiger partial charge in [0.1, 0.15) is 12.4 Å². The first-order chi connectivity index (χ1) is 15.4. The fraction of sp³-hybridized carbons (Fsp3) is 0.200. The molecule has 0 aliphatic carbocycles. The van der Waals surface area contributed by atoms with Crippen molar-refractivity contribution in [1.82, 2.24) is 15.0 Å². The average molecular weight is 491 g/mol. The molecule has 174 valence electrons. The monoisotopic (exact) mass is 490 g/mol. The lowest BCUT2D eigenvalue weighted by Gasteiger charge is -2.19. The summed E-state index contributed by atoms with van der Waals surface area (Å²) >= 11 is 5.71. The van der Waals surface area contributed by atoms with Crippen LogP contribution in [0.15, 0.2) is 54.9 Å². The van der Waals surface area contributed by atoms with Gasteiger partial charge in [-0.1, -0.05) is 48.0 Å². The highest BCUT2D eigenvalue weighted by Crippen LogP contribution is 2.36. The molecule has 0 radical (unpaired) electrons. The van der Waals surface area contributed by atoms with Crippen molar-refractivity contribution in [1.29, 1.82) is 0 Å². The Morgan fingerprint density at radius 3 is 2.33 bits per heavy atom. The van der Waals surface area contributed by atoms with Crippen LogP contribution in [0.25, 0.3) is 11.4 Å². The van der Waals surface area contributed by atoms with Gasteiger partial charge in [-0.25, -0.2) is 14.8 Å². The Labute approximate surface area is 187 Å². The first kappa shape index (κ1) is 24.2. The molecule has 33 heavy (non-hydrogen) atoms. The molecule has 0 spiro atoms. The number of hydrogen-bond acceptors (Lipinski definition) is 6. The van der Waals surface area contributed by atoms with Crippen molar-refractivity contribution in [3.63, 3.8) is 0 Å². The topological polar surface area (TPSA) is 77.0 Å². The lowest BCUT2D eigenvalue weighted by Crippen LogP contribution is -2.29. The van der Waals surface area contributed by atoms with Crippen molar-refractivity contribution in [2.24, 2.45) is 0 Å². The van der Waals surface area contributed by atoms with Crippen LogP contribution in [0, 0.1) is 0 Å².